The second-order valence-corrected chi connectivity index (χ2v) is 7.77. The van der Waals surface area contributed by atoms with Crippen LogP contribution < -0.4 is 4.90 Å². The van der Waals surface area contributed by atoms with Gasteiger partial charge < -0.3 is 9.80 Å². The van der Waals surface area contributed by atoms with Gasteiger partial charge in [-0.2, -0.15) is 5.10 Å². The van der Waals surface area contributed by atoms with Crippen LogP contribution in [0.2, 0.25) is 0 Å². The summed E-state index contributed by atoms with van der Waals surface area (Å²) in [6, 6.07) is 3.99. The Balaban J connectivity index is 1.48. The predicted octanol–water partition coefficient (Wildman–Crippen LogP) is 3.31. The van der Waals surface area contributed by atoms with Crippen LogP contribution in [0.25, 0.3) is 10.2 Å². The van der Waals surface area contributed by atoms with Gasteiger partial charge in [0.05, 0.1) is 4.70 Å². The molecule has 0 aliphatic carbocycles. The number of rotatable bonds is 3. The Kier molecular flexibility index (Phi) is 4.55. The van der Waals surface area contributed by atoms with E-state index in [2.05, 4.69) is 10.1 Å². The van der Waals surface area contributed by atoms with Crippen LogP contribution in [0.5, 0.6) is 0 Å². The molecule has 1 aliphatic rings. The van der Waals surface area contributed by atoms with E-state index >= 15 is 0 Å². The molecular weight excluding hydrogens is 372 g/mol. The molecular formula is C18H19F2N5OS. The first-order valence-corrected chi connectivity index (χ1v) is 9.59. The minimum Gasteiger partial charge on any atom is -0.345 e. The zero-order chi connectivity index (χ0) is 19.1. The third-order valence-electron chi connectivity index (χ3n) is 4.62. The van der Waals surface area contributed by atoms with E-state index in [0.29, 0.717) is 41.7 Å². The number of piperazine rings is 1. The van der Waals surface area contributed by atoms with Crippen LogP contribution in [0.1, 0.15) is 30.4 Å². The minimum atomic E-state index is -0.650. The topological polar surface area (TPSA) is 54.3 Å². The molecule has 1 amide bonds. The van der Waals surface area contributed by atoms with E-state index in [4.69, 9.17) is 0 Å². The van der Waals surface area contributed by atoms with Gasteiger partial charge in [0.25, 0.3) is 5.91 Å². The van der Waals surface area contributed by atoms with Crippen LogP contribution in [0.4, 0.5) is 13.9 Å². The molecule has 0 bridgehead atoms. The van der Waals surface area contributed by atoms with Crippen molar-refractivity contribution in [3.05, 3.63) is 41.7 Å². The van der Waals surface area contributed by atoms with Crippen molar-refractivity contribution in [3.8, 4) is 0 Å². The van der Waals surface area contributed by atoms with Crippen molar-refractivity contribution >= 4 is 32.6 Å². The van der Waals surface area contributed by atoms with Gasteiger partial charge in [-0.05, 0) is 26.0 Å². The van der Waals surface area contributed by atoms with Gasteiger partial charge in [0, 0.05) is 44.5 Å². The Morgan fingerprint density at radius 2 is 1.93 bits per heavy atom. The number of carbonyl (C=O) groups is 1. The number of hydrogen-bond acceptors (Lipinski definition) is 5. The summed E-state index contributed by atoms with van der Waals surface area (Å²) in [6.45, 7) is 6.22. The smallest absolute Gasteiger partial charge is 0.272 e. The average Bonchev–Trinajstić information content (AvgIpc) is 3.28. The number of aromatic nitrogens is 3. The first kappa shape index (κ1) is 17.8. The average molecular weight is 391 g/mol. The number of fused-ring (bicyclic) bond motifs is 1. The Morgan fingerprint density at radius 1 is 1.19 bits per heavy atom. The molecule has 0 radical (unpaired) electrons. The molecule has 0 N–H and O–H groups in total. The predicted molar refractivity (Wildman–Crippen MR) is 100 cm³/mol. The third-order valence-corrected chi connectivity index (χ3v) is 5.68. The van der Waals surface area contributed by atoms with Gasteiger partial charge >= 0.3 is 0 Å². The van der Waals surface area contributed by atoms with Crippen molar-refractivity contribution in [2.75, 3.05) is 31.1 Å². The summed E-state index contributed by atoms with van der Waals surface area (Å²) in [4.78, 5) is 20.9. The molecule has 1 aliphatic heterocycles. The lowest BCUT2D eigenvalue weighted by atomic mass is 10.2. The molecule has 6 nitrogen and oxygen atoms in total. The zero-order valence-corrected chi connectivity index (χ0v) is 15.8. The van der Waals surface area contributed by atoms with Gasteiger partial charge in [0.2, 0.25) is 0 Å². The lowest BCUT2D eigenvalue weighted by Crippen LogP contribution is -2.49. The van der Waals surface area contributed by atoms with E-state index in [-0.39, 0.29) is 17.5 Å². The Labute approximate surface area is 159 Å². The summed E-state index contributed by atoms with van der Waals surface area (Å²) in [7, 11) is 0. The number of anilines is 1. The molecule has 3 heterocycles. The van der Waals surface area contributed by atoms with Crippen molar-refractivity contribution in [1.29, 1.82) is 0 Å². The summed E-state index contributed by atoms with van der Waals surface area (Å²) < 4.78 is 29.5. The molecule has 27 heavy (non-hydrogen) atoms. The summed E-state index contributed by atoms with van der Waals surface area (Å²) in [5, 5.41) is 4.87. The van der Waals surface area contributed by atoms with Crippen molar-refractivity contribution < 1.29 is 13.6 Å². The van der Waals surface area contributed by atoms with Crippen LogP contribution in [-0.2, 0) is 0 Å². The highest BCUT2D eigenvalue weighted by atomic mass is 32.1. The first-order chi connectivity index (χ1) is 12.9. The number of hydrogen-bond donors (Lipinski definition) is 0. The fourth-order valence-corrected chi connectivity index (χ4v) is 4.30. The summed E-state index contributed by atoms with van der Waals surface area (Å²) >= 11 is 1.26. The molecule has 142 valence electrons. The Morgan fingerprint density at radius 3 is 2.63 bits per heavy atom. The standard InChI is InChI=1S/C18H19F2N5OS/c1-11(2)25-14(3-4-21-25)17(26)23-5-7-24(8-6-23)18-22-16-13(20)9-12(19)10-15(16)27-18/h3-4,9-11H,5-8H2,1-2H3. The highest BCUT2D eigenvalue weighted by Crippen LogP contribution is 2.31. The molecule has 1 aromatic carbocycles. The molecule has 0 spiro atoms. The second-order valence-electron chi connectivity index (χ2n) is 6.76. The Hall–Kier alpha value is -2.55. The Bertz CT molecular complexity index is 991. The fourth-order valence-electron chi connectivity index (χ4n) is 3.24. The largest absolute Gasteiger partial charge is 0.345 e. The molecule has 9 heteroatoms. The van der Waals surface area contributed by atoms with Crippen LogP contribution in [0.3, 0.4) is 0 Å². The van der Waals surface area contributed by atoms with Crippen LogP contribution in [-0.4, -0.2) is 51.8 Å². The minimum absolute atomic E-state index is 0.0433. The third kappa shape index (κ3) is 3.27. The summed E-state index contributed by atoms with van der Waals surface area (Å²) in [5.41, 5.74) is 0.770. The van der Waals surface area contributed by atoms with E-state index in [0.717, 1.165) is 6.07 Å². The molecule has 1 saturated heterocycles. The quantitative estimate of drug-likeness (QED) is 0.687. The van der Waals surface area contributed by atoms with Crippen LogP contribution >= 0.6 is 11.3 Å². The molecule has 1 fully saturated rings. The highest BCUT2D eigenvalue weighted by Gasteiger charge is 2.26. The molecule has 3 aromatic rings. The number of amides is 1. The molecule has 0 unspecified atom stereocenters. The number of halogens is 2. The van der Waals surface area contributed by atoms with Crippen molar-refractivity contribution in [1.82, 2.24) is 19.7 Å². The summed E-state index contributed by atoms with van der Waals surface area (Å²) in [5.74, 6) is -1.30. The van der Waals surface area contributed by atoms with E-state index in [1.54, 1.807) is 21.8 Å². The van der Waals surface area contributed by atoms with Gasteiger partial charge in [-0.15, -0.1) is 0 Å². The van der Waals surface area contributed by atoms with Crippen LogP contribution in [0, 0.1) is 11.6 Å². The van der Waals surface area contributed by atoms with E-state index in [1.807, 2.05) is 18.7 Å². The number of nitrogens with zero attached hydrogens (tertiary/aromatic N) is 5. The van der Waals surface area contributed by atoms with Gasteiger partial charge in [-0.1, -0.05) is 11.3 Å². The van der Waals surface area contributed by atoms with Crippen molar-refractivity contribution in [3.63, 3.8) is 0 Å². The lowest BCUT2D eigenvalue weighted by Gasteiger charge is -2.34. The second kappa shape index (κ2) is 6.88. The van der Waals surface area contributed by atoms with E-state index < -0.39 is 11.6 Å². The van der Waals surface area contributed by atoms with Gasteiger partial charge in [0.1, 0.15) is 17.0 Å². The van der Waals surface area contributed by atoms with Crippen molar-refractivity contribution in [2.24, 2.45) is 0 Å². The molecule has 4 rings (SSSR count). The molecule has 0 atom stereocenters. The SMILES string of the molecule is CC(C)n1nccc1C(=O)N1CCN(c2nc3c(F)cc(F)cc3s2)CC1. The zero-order valence-electron chi connectivity index (χ0n) is 15.0. The summed E-state index contributed by atoms with van der Waals surface area (Å²) in [6.07, 6.45) is 1.64. The monoisotopic (exact) mass is 391 g/mol. The highest BCUT2D eigenvalue weighted by molar-refractivity contribution is 7.22. The maximum atomic E-state index is 13.9. The number of carbonyl (C=O) groups excluding carboxylic acids is 1. The fraction of sp³-hybridized carbons (Fsp3) is 0.389. The van der Waals surface area contributed by atoms with E-state index in [1.165, 1.54) is 17.4 Å². The molecule has 2 aromatic heterocycles. The maximum Gasteiger partial charge on any atom is 0.272 e. The van der Waals surface area contributed by atoms with Gasteiger partial charge in [-0.3, -0.25) is 9.48 Å². The van der Waals surface area contributed by atoms with Crippen LogP contribution in [0.15, 0.2) is 24.4 Å². The van der Waals surface area contributed by atoms with Gasteiger partial charge in [0.15, 0.2) is 10.9 Å². The first-order valence-electron chi connectivity index (χ1n) is 8.77. The number of thiazole rings is 1. The molecule has 0 saturated carbocycles. The maximum absolute atomic E-state index is 13.9. The lowest BCUT2D eigenvalue weighted by molar-refractivity contribution is 0.0732. The number of benzene rings is 1. The van der Waals surface area contributed by atoms with Crippen molar-refractivity contribution in [2.45, 2.75) is 19.9 Å². The van der Waals surface area contributed by atoms with E-state index in [9.17, 15) is 13.6 Å². The normalized spacial score (nSPS) is 15.1. The van der Waals surface area contributed by atoms with Gasteiger partial charge in [-0.25, -0.2) is 13.8 Å².